The molecule has 0 aliphatic heterocycles. The van der Waals surface area contributed by atoms with Crippen LogP contribution in [0.25, 0.3) is 0 Å². The van der Waals surface area contributed by atoms with Crippen molar-refractivity contribution in [3.63, 3.8) is 0 Å². The topological polar surface area (TPSA) is 104 Å². The molecule has 0 bridgehead atoms. The van der Waals surface area contributed by atoms with E-state index in [1.54, 1.807) is 0 Å². The fourth-order valence-corrected chi connectivity index (χ4v) is 6.00. The molecule has 0 aliphatic carbocycles. The number of carbonyl (C=O) groups is 1. The average molecular weight is 664 g/mol. The predicted octanol–water partition coefficient (Wildman–Crippen LogP) is 10.5. The van der Waals surface area contributed by atoms with Crippen molar-refractivity contribution in [1.29, 1.82) is 0 Å². The SMILES string of the molecule is CC/C=C\C/C=C\C/C=C\C/C=C\C/C=C\CCCCCCCCCC(=O)NC(CS(=O)(=O)O)C(O)CCCCCCCCCC. The van der Waals surface area contributed by atoms with Crippen molar-refractivity contribution in [3.8, 4) is 0 Å². The molecule has 0 spiro atoms. The molecule has 0 heterocycles. The molecule has 2 unspecified atom stereocenters. The molecule has 46 heavy (non-hydrogen) atoms. The van der Waals surface area contributed by atoms with Gasteiger partial charge in [-0.25, -0.2) is 0 Å². The number of allylic oxidation sites excluding steroid dienone is 10. The van der Waals surface area contributed by atoms with Crippen molar-refractivity contribution >= 4 is 16.0 Å². The number of aliphatic hydroxyl groups is 1. The van der Waals surface area contributed by atoms with Gasteiger partial charge < -0.3 is 10.4 Å². The Kier molecular flexibility index (Phi) is 31.6. The Labute approximate surface area is 283 Å². The van der Waals surface area contributed by atoms with Crippen molar-refractivity contribution in [2.75, 3.05) is 5.75 Å². The lowest BCUT2D eigenvalue weighted by molar-refractivity contribution is -0.122. The fourth-order valence-electron chi connectivity index (χ4n) is 5.24. The Bertz CT molecular complexity index is 951. The van der Waals surface area contributed by atoms with E-state index in [2.05, 4.69) is 79.9 Å². The van der Waals surface area contributed by atoms with Crippen LogP contribution in [0.3, 0.4) is 0 Å². The zero-order valence-corrected chi connectivity index (χ0v) is 30.2. The molecule has 1 amide bonds. The number of aliphatic hydroxyl groups excluding tert-OH is 1. The van der Waals surface area contributed by atoms with Gasteiger partial charge in [-0.15, -0.1) is 0 Å². The van der Waals surface area contributed by atoms with E-state index in [0.29, 0.717) is 12.8 Å². The summed E-state index contributed by atoms with van der Waals surface area (Å²) < 4.78 is 32.3. The van der Waals surface area contributed by atoms with Gasteiger partial charge >= 0.3 is 0 Å². The highest BCUT2D eigenvalue weighted by Gasteiger charge is 2.26. The fraction of sp³-hybridized carbons (Fsp3) is 0.718. The van der Waals surface area contributed by atoms with Gasteiger partial charge in [0.25, 0.3) is 10.1 Å². The molecule has 0 saturated heterocycles. The zero-order valence-electron chi connectivity index (χ0n) is 29.4. The summed E-state index contributed by atoms with van der Waals surface area (Å²) in [6.45, 7) is 4.35. The van der Waals surface area contributed by atoms with Crippen molar-refractivity contribution in [2.45, 2.75) is 174 Å². The summed E-state index contributed by atoms with van der Waals surface area (Å²) in [5, 5.41) is 13.2. The van der Waals surface area contributed by atoms with E-state index in [0.717, 1.165) is 83.5 Å². The van der Waals surface area contributed by atoms with Crippen molar-refractivity contribution in [1.82, 2.24) is 5.32 Å². The molecule has 0 aliphatic rings. The van der Waals surface area contributed by atoms with Gasteiger partial charge in [0.2, 0.25) is 5.91 Å². The molecule has 7 heteroatoms. The molecule has 0 radical (unpaired) electrons. The van der Waals surface area contributed by atoms with Gasteiger partial charge in [0.1, 0.15) is 0 Å². The normalized spacial score (nSPS) is 14.1. The second-order valence-electron chi connectivity index (χ2n) is 12.5. The number of nitrogens with one attached hydrogen (secondary N) is 1. The van der Waals surface area contributed by atoms with Crippen LogP contribution >= 0.6 is 0 Å². The minimum atomic E-state index is -4.31. The Morgan fingerprint density at radius 1 is 0.609 bits per heavy atom. The van der Waals surface area contributed by atoms with E-state index in [1.165, 1.54) is 51.4 Å². The van der Waals surface area contributed by atoms with E-state index in [-0.39, 0.29) is 5.91 Å². The third kappa shape index (κ3) is 33.4. The second kappa shape index (κ2) is 33.0. The first-order valence-corrected chi connectivity index (χ1v) is 20.1. The third-order valence-corrected chi connectivity index (χ3v) is 8.77. The molecule has 0 aromatic rings. The van der Waals surface area contributed by atoms with Crippen LogP contribution in [0.15, 0.2) is 60.8 Å². The average Bonchev–Trinajstić information content (AvgIpc) is 3.01. The summed E-state index contributed by atoms with van der Waals surface area (Å²) in [7, 11) is -4.31. The lowest BCUT2D eigenvalue weighted by Gasteiger charge is -2.23. The molecule has 0 saturated carbocycles. The number of rotatable bonds is 32. The summed E-state index contributed by atoms with van der Waals surface area (Å²) >= 11 is 0. The minimum Gasteiger partial charge on any atom is -0.391 e. The quantitative estimate of drug-likeness (QED) is 0.0377. The highest BCUT2D eigenvalue weighted by Crippen LogP contribution is 2.14. The number of carbonyl (C=O) groups excluding carboxylic acids is 1. The summed E-state index contributed by atoms with van der Waals surface area (Å²) in [4.78, 5) is 12.4. The van der Waals surface area contributed by atoms with Crippen LogP contribution in [-0.2, 0) is 14.9 Å². The maximum absolute atomic E-state index is 12.4. The molecule has 0 aromatic carbocycles. The van der Waals surface area contributed by atoms with Crippen LogP contribution in [-0.4, -0.2) is 41.9 Å². The number of unbranched alkanes of at least 4 members (excludes halogenated alkanes) is 14. The molecule has 6 nitrogen and oxygen atoms in total. The first-order valence-electron chi connectivity index (χ1n) is 18.5. The molecule has 3 N–H and O–H groups in total. The van der Waals surface area contributed by atoms with Crippen LogP contribution in [0.5, 0.6) is 0 Å². The number of hydrogen-bond donors (Lipinski definition) is 3. The molecular formula is C39H69NO5S. The van der Waals surface area contributed by atoms with Crippen LogP contribution in [0.1, 0.15) is 162 Å². The Hall–Kier alpha value is -1.96. The van der Waals surface area contributed by atoms with Gasteiger partial charge in [0.15, 0.2) is 0 Å². The van der Waals surface area contributed by atoms with E-state index in [1.807, 2.05) is 0 Å². The van der Waals surface area contributed by atoms with E-state index in [4.69, 9.17) is 0 Å². The van der Waals surface area contributed by atoms with Crippen LogP contribution in [0.4, 0.5) is 0 Å². The molecule has 2 atom stereocenters. The van der Waals surface area contributed by atoms with Gasteiger partial charge in [-0.3, -0.25) is 9.35 Å². The lowest BCUT2D eigenvalue weighted by atomic mass is 10.0. The standard InChI is InChI=1S/C39H69NO5S/c1-3-5-7-9-11-13-14-15-16-17-18-19-20-21-22-23-24-25-26-27-29-31-33-35-39(42)40-37(36-46(43,44)45)38(41)34-32-30-28-12-10-8-6-4-2/h5,7,11,13,15-16,18-19,21-22,37-38,41H,3-4,6,8-10,12,14,17,20,23-36H2,1-2H3,(H,40,42)(H,43,44,45)/b7-5-,13-11-,16-15-,19-18-,22-21-. The highest BCUT2D eigenvalue weighted by atomic mass is 32.2. The second-order valence-corrected chi connectivity index (χ2v) is 14.0. The molecule has 0 rings (SSSR count). The van der Waals surface area contributed by atoms with Crippen molar-refractivity contribution < 1.29 is 22.9 Å². The van der Waals surface area contributed by atoms with Crippen LogP contribution < -0.4 is 5.32 Å². The molecular weight excluding hydrogens is 594 g/mol. The van der Waals surface area contributed by atoms with Gasteiger partial charge in [0, 0.05) is 6.42 Å². The first kappa shape index (κ1) is 44.0. The Morgan fingerprint density at radius 2 is 1.04 bits per heavy atom. The first-order chi connectivity index (χ1) is 22.3. The summed E-state index contributed by atoms with van der Waals surface area (Å²) in [5.74, 6) is -0.919. The van der Waals surface area contributed by atoms with Crippen LogP contribution in [0.2, 0.25) is 0 Å². The van der Waals surface area contributed by atoms with E-state index >= 15 is 0 Å². The van der Waals surface area contributed by atoms with Crippen molar-refractivity contribution in [2.24, 2.45) is 0 Å². The van der Waals surface area contributed by atoms with Gasteiger partial charge in [-0.1, -0.05) is 158 Å². The molecule has 0 fully saturated rings. The van der Waals surface area contributed by atoms with Gasteiger partial charge in [0.05, 0.1) is 17.9 Å². The third-order valence-electron chi connectivity index (χ3n) is 7.99. The zero-order chi connectivity index (χ0) is 34.0. The van der Waals surface area contributed by atoms with E-state index in [9.17, 15) is 22.9 Å². The lowest BCUT2D eigenvalue weighted by Crippen LogP contribution is -2.47. The smallest absolute Gasteiger partial charge is 0.266 e. The number of amides is 1. The Balaban J connectivity index is 3.88. The summed E-state index contributed by atoms with van der Waals surface area (Å²) in [6.07, 6.45) is 44.7. The summed E-state index contributed by atoms with van der Waals surface area (Å²) in [6, 6.07) is -0.977. The molecule has 0 aromatic heterocycles. The highest BCUT2D eigenvalue weighted by molar-refractivity contribution is 7.85. The maximum atomic E-state index is 12.4. The summed E-state index contributed by atoms with van der Waals surface area (Å²) in [5.41, 5.74) is 0. The predicted molar refractivity (Wildman–Crippen MR) is 198 cm³/mol. The van der Waals surface area contributed by atoms with Gasteiger partial charge in [-0.2, -0.15) is 8.42 Å². The van der Waals surface area contributed by atoms with E-state index < -0.39 is 28.0 Å². The largest absolute Gasteiger partial charge is 0.391 e. The maximum Gasteiger partial charge on any atom is 0.266 e. The van der Waals surface area contributed by atoms with Crippen LogP contribution in [0, 0.1) is 0 Å². The monoisotopic (exact) mass is 663 g/mol. The van der Waals surface area contributed by atoms with Gasteiger partial charge in [-0.05, 0) is 57.8 Å². The van der Waals surface area contributed by atoms with Crippen molar-refractivity contribution in [3.05, 3.63) is 60.8 Å². The minimum absolute atomic E-state index is 0.263. The molecule has 266 valence electrons. The Morgan fingerprint density at radius 3 is 1.54 bits per heavy atom. The number of hydrogen-bond acceptors (Lipinski definition) is 4.